The molecule has 19 heteroatoms. The molecule has 2 saturated heterocycles. The lowest BCUT2D eigenvalue weighted by molar-refractivity contribution is -0.365. The van der Waals surface area contributed by atoms with Crippen LogP contribution < -0.4 is 4.74 Å². The zero-order valence-corrected chi connectivity index (χ0v) is 29.3. The fourth-order valence-electron chi connectivity index (χ4n) is 7.01. The maximum absolute atomic E-state index is 13.3. The van der Waals surface area contributed by atoms with Crippen LogP contribution in [-0.4, -0.2) is 153 Å². The number of ether oxygens (including phenoxy) is 8. The number of rotatable bonds is 11. The fraction of sp³-hybridized carbons (Fsp3) is 0.528. The molecule has 55 heavy (non-hydrogen) atoms. The molecule has 19 nitrogen and oxygen atoms in total. The molecule has 300 valence electrons. The highest BCUT2D eigenvalue weighted by Gasteiger charge is 2.60. The summed E-state index contributed by atoms with van der Waals surface area (Å²) in [5.41, 5.74) is -1.10. The van der Waals surface area contributed by atoms with E-state index in [1.54, 1.807) is 18.2 Å². The number of allylic oxidation sites excluding steroid dienone is 1. The second-order valence-electron chi connectivity index (χ2n) is 13.5. The largest absolute Gasteiger partial charge is 0.471 e. The van der Waals surface area contributed by atoms with E-state index in [2.05, 4.69) is 0 Å². The predicted molar refractivity (Wildman–Crippen MR) is 178 cm³/mol. The zero-order chi connectivity index (χ0) is 39.8. The van der Waals surface area contributed by atoms with E-state index in [4.69, 9.17) is 37.9 Å². The third-order valence-corrected chi connectivity index (χ3v) is 10.1. The molecule has 1 aliphatic carbocycles. The number of fused-ring (bicyclic) bond motifs is 2. The van der Waals surface area contributed by atoms with Gasteiger partial charge >= 0.3 is 17.9 Å². The molecule has 11 unspecified atom stereocenters. The van der Waals surface area contributed by atoms with Gasteiger partial charge in [-0.05, 0) is 42.8 Å². The molecule has 0 radical (unpaired) electrons. The van der Waals surface area contributed by atoms with E-state index in [0.29, 0.717) is 5.56 Å². The van der Waals surface area contributed by atoms with E-state index in [1.807, 2.05) is 0 Å². The first-order chi connectivity index (χ1) is 26.2. The van der Waals surface area contributed by atoms with Crippen LogP contribution in [0.1, 0.15) is 12.5 Å². The van der Waals surface area contributed by atoms with Crippen molar-refractivity contribution in [2.24, 2.45) is 17.8 Å². The predicted octanol–water partition coefficient (Wildman–Crippen LogP) is -2.73. The second-order valence-corrected chi connectivity index (χ2v) is 13.5. The van der Waals surface area contributed by atoms with Gasteiger partial charge in [-0.1, -0.05) is 18.2 Å². The molecule has 5 aliphatic rings. The normalized spacial score (nSPS) is 38.8. The van der Waals surface area contributed by atoms with Gasteiger partial charge in [0, 0.05) is 12.0 Å². The molecular weight excluding hydrogens is 736 g/mol. The first-order valence-electron chi connectivity index (χ1n) is 17.2. The van der Waals surface area contributed by atoms with Gasteiger partial charge in [0.15, 0.2) is 18.2 Å². The Labute approximate surface area is 312 Å². The molecule has 1 aromatic carbocycles. The van der Waals surface area contributed by atoms with Crippen LogP contribution in [0.3, 0.4) is 0 Å². The van der Waals surface area contributed by atoms with E-state index in [1.165, 1.54) is 44.4 Å². The van der Waals surface area contributed by atoms with Crippen LogP contribution in [0.15, 0.2) is 66.0 Å². The topological polar surface area (TPSA) is 287 Å². The molecule has 1 aromatic rings. The van der Waals surface area contributed by atoms with Gasteiger partial charge in [-0.15, -0.1) is 0 Å². The molecule has 2 fully saturated rings. The minimum absolute atomic E-state index is 0.0502. The van der Waals surface area contributed by atoms with Crippen LogP contribution in [-0.2, 0) is 47.5 Å². The van der Waals surface area contributed by atoms with E-state index in [0.717, 1.165) is 12.3 Å². The third-order valence-electron chi connectivity index (χ3n) is 10.1. The Morgan fingerprint density at radius 2 is 1.64 bits per heavy atom. The highest BCUT2D eigenvalue weighted by Crippen LogP contribution is 2.51. The van der Waals surface area contributed by atoms with E-state index >= 15 is 0 Å². The SMILES string of the molecule is COC(=O)C1=CO[C@@H](OC2OC(O)C(O)C(O)C2CO)[C@H]2[C@@H]1C=CC21C=C([C@H](C)OC(=O)/C=C/c2ccc(OC3OC(CO)C(O)C(O)C3O)cc2)C(=O)O1. The van der Waals surface area contributed by atoms with Crippen molar-refractivity contribution >= 4 is 24.0 Å². The molecular formula is C36H42O19. The van der Waals surface area contributed by atoms with Crippen LogP contribution in [0.4, 0.5) is 0 Å². The summed E-state index contributed by atoms with van der Waals surface area (Å²) in [6.07, 6.45) is -8.47. The minimum Gasteiger partial charge on any atom is -0.471 e. The zero-order valence-electron chi connectivity index (χ0n) is 29.3. The highest BCUT2D eigenvalue weighted by molar-refractivity contribution is 5.95. The number of hydrogen-bond acceptors (Lipinski definition) is 19. The first-order valence-corrected chi connectivity index (χ1v) is 17.2. The lowest BCUT2D eigenvalue weighted by Gasteiger charge is -2.44. The van der Waals surface area contributed by atoms with Gasteiger partial charge in [0.2, 0.25) is 12.6 Å². The number of esters is 3. The smallest absolute Gasteiger partial charge is 0.338 e. The van der Waals surface area contributed by atoms with E-state index in [-0.39, 0.29) is 16.9 Å². The van der Waals surface area contributed by atoms with E-state index in [9.17, 15) is 55.2 Å². The van der Waals surface area contributed by atoms with Gasteiger partial charge in [0.05, 0.1) is 55.7 Å². The Kier molecular flexibility index (Phi) is 12.1. The molecule has 4 aliphatic heterocycles. The molecule has 0 bridgehead atoms. The van der Waals surface area contributed by atoms with Crippen molar-refractivity contribution in [3.05, 3.63) is 71.5 Å². The lowest BCUT2D eigenvalue weighted by Crippen LogP contribution is -2.60. The molecule has 15 atom stereocenters. The maximum Gasteiger partial charge on any atom is 0.338 e. The average Bonchev–Trinajstić information content (AvgIpc) is 3.72. The number of aliphatic hydroxyl groups is 8. The number of carbonyl (C=O) groups is 3. The summed E-state index contributed by atoms with van der Waals surface area (Å²) in [4.78, 5) is 38.8. The number of aliphatic hydroxyl groups excluding tert-OH is 8. The second kappa shape index (κ2) is 16.5. The molecule has 4 heterocycles. The lowest BCUT2D eigenvalue weighted by atomic mass is 9.78. The van der Waals surface area contributed by atoms with Crippen molar-refractivity contribution in [2.45, 2.75) is 80.4 Å². The van der Waals surface area contributed by atoms with Crippen molar-refractivity contribution in [2.75, 3.05) is 20.3 Å². The summed E-state index contributed by atoms with van der Waals surface area (Å²) in [7, 11) is 1.17. The van der Waals surface area contributed by atoms with Crippen LogP contribution >= 0.6 is 0 Å². The van der Waals surface area contributed by atoms with Crippen molar-refractivity contribution in [3.63, 3.8) is 0 Å². The van der Waals surface area contributed by atoms with Crippen LogP contribution in [0, 0.1) is 17.8 Å². The first kappa shape index (κ1) is 40.4. The summed E-state index contributed by atoms with van der Waals surface area (Å²) < 4.78 is 44.2. The Hall–Kier alpha value is -4.25. The Morgan fingerprint density at radius 1 is 0.909 bits per heavy atom. The quantitative estimate of drug-likeness (QED) is 0.0490. The number of carbonyl (C=O) groups excluding carboxylic acids is 3. The van der Waals surface area contributed by atoms with Crippen molar-refractivity contribution in [1.82, 2.24) is 0 Å². The van der Waals surface area contributed by atoms with Gasteiger partial charge < -0.3 is 78.7 Å². The summed E-state index contributed by atoms with van der Waals surface area (Å²) in [5, 5.41) is 80.0. The molecule has 6 rings (SSSR count). The summed E-state index contributed by atoms with van der Waals surface area (Å²) in [6, 6.07) is 6.09. The van der Waals surface area contributed by atoms with Crippen LogP contribution in [0.2, 0.25) is 0 Å². The number of methoxy groups -OCH3 is 1. The Bertz CT molecular complexity index is 1700. The van der Waals surface area contributed by atoms with Gasteiger partial charge in [-0.25, -0.2) is 14.4 Å². The van der Waals surface area contributed by atoms with Crippen molar-refractivity contribution in [3.8, 4) is 5.75 Å². The van der Waals surface area contributed by atoms with Gasteiger partial charge in [-0.3, -0.25) is 0 Å². The summed E-state index contributed by atoms with van der Waals surface area (Å²) in [5.74, 6) is -5.30. The van der Waals surface area contributed by atoms with Gasteiger partial charge in [-0.2, -0.15) is 0 Å². The molecule has 0 amide bonds. The summed E-state index contributed by atoms with van der Waals surface area (Å²) >= 11 is 0. The molecule has 0 saturated carbocycles. The van der Waals surface area contributed by atoms with E-state index < -0.39 is 122 Å². The third kappa shape index (κ3) is 7.91. The fourth-order valence-corrected chi connectivity index (χ4v) is 7.01. The van der Waals surface area contributed by atoms with Gasteiger partial charge in [0.25, 0.3) is 0 Å². The van der Waals surface area contributed by atoms with Crippen LogP contribution in [0.5, 0.6) is 5.75 Å². The minimum atomic E-state index is -1.88. The molecule has 1 spiro atoms. The summed E-state index contributed by atoms with van der Waals surface area (Å²) in [6.45, 7) is 0.111. The van der Waals surface area contributed by atoms with Crippen molar-refractivity contribution in [1.29, 1.82) is 0 Å². The number of benzene rings is 1. The monoisotopic (exact) mass is 778 g/mol. The van der Waals surface area contributed by atoms with Crippen molar-refractivity contribution < 1.29 is 93.1 Å². The molecule has 0 aromatic heterocycles. The standard InChI is InChI=1S/C36H42O19/c1-15(50-23(39)8-5-16-3-6-17(7-4-16)51-35-29(44)27(42)26(41)22(13-38)52-35)19-11-36(55-31(19)46)10-9-18-21(30(45)48-2)14-49-34(24(18)36)54-33-20(12-37)25(40)28(43)32(47)53-33/h3-11,14-15,18,20,22,24-29,32-35,37-38,40-44,47H,12-13H2,1-2H3/b8-5+/t15-,18+,20?,22?,24+,25?,26?,27?,28?,29?,32?,33?,34-,35?,36?/m0/s1. The highest BCUT2D eigenvalue weighted by atomic mass is 16.8. The average molecular weight is 779 g/mol. The maximum atomic E-state index is 13.3. The van der Waals surface area contributed by atoms with Crippen LogP contribution in [0.25, 0.3) is 6.08 Å². The Morgan fingerprint density at radius 3 is 2.31 bits per heavy atom. The number of hydrogen-bond donors (Lipinski definition) is 8. The Balaban J connectivity index is 1.13. The molecule has 8 N–H and O–H groups in total. The van der Waals surface area contributed by atoms with Gasteiger partial charge in [0.1, 0.15) is 42.4 Å².